The van der Waals surface area contributed by atoms with E-state index >= 15 is 0 Å². The number of H-pyrrole nitrogens is 1. The number of fused-ring (bicyclic) bond motifs is 1. The van der Waals surface area contributed by atoms with Gasteiger partial charge in [0.25, 0.3) is 5.56 Å². The van der Waals surface area contributed by atoms with Crippen LogP contribution in [0.4, 0.5) is 4.39 Å². The van der Waals surface area contributed by atoms with Crippen molar-refractivity contribution < 1.29 is 13.9 Å². The molecule has 1 N–H and O–H groups in total. The molecule has 0 bridgehead atoms. The van der Waals surface area contributed by atoms with Crippen molar-refractivity contribution in [3.63, 3.8) is 0 Å². The van der Waals surface area contributed by atoms with E-state index in [1.165, 1.54) is 12.1 Å². The molecule has 152 valence electrons. The molecule has 0 unspecified atom stereocenters. The lowest BCUT2D eigenvalue weighted by atomic mass is 10.0. The number of aromatic nitrogens is 3. The second-order valence-corrected chi connectivity index (χ2v) is 7.74. The summed E-state index contributed by atoms with van der Waals surface area (Å²) in [5.41, 5.74) is 2.71. The summed E-state index contributed by atoms with van der Waals surface area (Å²) in [6, 6.07) is 7.97. The summed E-state index contributed by atoms with van der Waals surface area (Å²) in [6.07, 6.45) is 1.63. The van der Waals surface area contributed by atoms with E-state index < -0.39 is 5.79 Å². The Morgan fingerprint density at radius 1 is 1.17 bits per heavy atom. The smallest absolute Gasteiger partial charge is 0.254 e. The first-order valence-electron chi connectivity index (χ1n) is 9.91. The number of rotatable bonds is 3. The van der Waals surface area contributed by atoms with E-state index in [4.69, 9.17) is 9.47 Å². The molecule has 1 aromatic carbocycles. The number of pyridine rings is 1. The van der Waals surface area contributed by atoms with Crippen LogP contribution < -0.4 is 5.56 Å². The minimum Gasteiger partial charge on any atom is -0.347 e. The SMILES string of the molecule is Cc1nn(-c2ccc(F)cc2)c2[nH]c(=O)c(CN3CCC4(CC3)OCCO4)cc12. The van der Waals surface area contributed by atoms with Gasteiger partial charge >= 0.3 is 0 Å². The van der Waals surface area contributed by atoms with E-state index in [2.05, 4.69) is 15.0 Å². The first-order chi connectivity index (χ1) is 14.0. The van der Waals surface area contributed by atoms with Crippen LogP contribution in [-0.4, -0.2) is 51.8 Å². The third-order valence-electron chi connectivity index (χ3n) is 5.85. The van der Waals surface area contributed by atoms with Crippen LogP contribution in [0.5, 0.6) is 0 Å². The maximum absolute atomic E-state index is 13.3. The van der Waals surface area contributed by atoms with Crippen molar-refractivity contribution in [1.29, 1.82) is 0 Å². The van der Waals surface area contributed by atoms with Crippen LogP contribution >= 0.6 is 0 Å². The molecule has 7 nitrogen and oxygen atoms in total. The van der Waals surface area contributed by atoms with Crippen molar-refractivity contribution in [3.8, 4) is 5.69 Å². The number of hydrogen-bond donors (Lipinski definition) is 1. The largest absolute Gasteiger partial charge is 0.347 e. The first kappa shape index (κ1) is 18.5. The van der Waals surface area contributed by atoms with Crippen molar-refractivity contribution >= 4 is 11.0 Å². The Labute approximate surface area is 167 Å². The highest BCUT2D eigenvalue weighted by molar-refractivity contribution is 5.80. The highest BCUT2D eigenvalue weighted by Gasteiger charge is 2.39. The van der Waals surface area contributed by atoms with Crippen LogP contribution in [-0.2, 0) is 16.0 Å². The number of piperidine rings is 1. The molecule has 0 radical (unpaired) electrons. The van der Waals surface area contributed by atoms with Crippen LogP contribution in [0.2, 0.25) is 0 Å². The van der Waals surface area contributed by atoms with Crippen molar-refractivity contribution in [2.45, 2.75) is 32.1 Å². The molecule has 5 rings (SSSR count). The topological polar surface area (TPSA) is 72.4 Å². The fourth-order valence-corrected chi connectivity index (χ4v) is 4.22. The lowest BCUT2D eigenvalue weighted by Crippen LogP contribution is -2.45. The van der Waals surface area contributed by atoms with E-state index in [0.717, 1.165) is 37.0 Å². The predicted molar refractivity (Wildman–Crippen MR) is 106 cm³/mol. The van der Waals surface area contributed by atoms with Gasteiger partial charge in [-0.1, -0.05) is 0 Å². The molecule has 2 aliphatic heterocycles. The molecule has 2 aromatic heterocycles. The van der Waals surface area contributed by atoms with Crippen LogP contribution in [0, 0.1) is 12.7 Å². The van der Waals surface area contributed by atoms with Crippen LogP contribution in [0.1, 0.15) is 24.1 Å². The third-order valence-corrected chi connectivity index (χ3v) is 5.85. The fourth-order valence-electron chi connectivity index (χ4n) is 4.22. The number of halogens is 1. The Morgan fingerprint density at radius 2 is 1.86 bits per heavy atom. The first-order valence-corrected chi connectivity index (χ1v) is 9.91. The number of aromatic amines is 1. The maximum Gasteiger partial charge on any atom is 0.254 e. The molecule has 2 aliphatic rings. The van der Waals surface area contributed by atoms with Crippen molar-refractivity contribution in [3.05, 3.63) is 57.8 Å². The molecular formula is C21H23FN4O3. The lowest BCUT2D eigenvalue weighted by molar-refractivity contribution is -0.185. The summed E-state index contributed by atoms with van der Waals surface area (Å²) in [6.45, 7) is 5.45. The van der Waals surface area contributed by atoms with E-state index in [1.54, 1.807) is 16.8 Å². The molecule has 8 heteroatoms. The van der Waals surface area contributed by atoms with Crippen LogP contribution in [0.3, 0.4) is 0 Å². The summed E-state index contributed by atoms with van der Waals surface area (Å²) in [4.78, 5) is 18.0. The van der Waals surface area contributed by atoms with Gasteiger partial charge in [-0.15, -0.1) is 0 Å². The predicted octanol–water partition coefficient (Wildman–Crippen LogP) is 2.50. The molecule has 3 aromatic rings. The number of benzene rings is 1. The van der Waals surface area contributed by atoms with Gasteiger partial charge in [-0.05, 0) is 37.3 Å². The van der Waals surface area contributed by atoms with Crippen molar-refractivity contribution in [2.24, 2.45) is 0 Å². The second kappa shape index (κ2) is 7.05. The van der Waals surface area contributed by atoms with Gasteiger partial charge in [-0.2, -0.15) is 5.10 Å². The third kappa shape index (κ3) is 3.37. The number of ether oxygens (including phenoxy) is 2. The standard InChI is InChI=1S/C21H23FN4O3/c1-14-18-12-15(13-25-8-6-21(7-9-25)28-10-11-29-21)20(27)23-19(18)26(24-14)17-4-2-16(22)3-5-17/h2-5,12H,6-11,13H2,1H3,(H,23,27). The summed E-state index contributed by atoms with van der Waals surface area (Å²) in [5.74, 6) is -0.728. The molecule has 0 amide bonds. The number of hydrogen-bond acceptors (Lipinski definition) is 5. The van der Waals surface area contributed by atoms with Gasteiger partial charge in [0, 0.05) is 43.4 Å². The summed E-state index contributed by atoms with van der Waals surface area (Å²) in [5, 5.41) is 5.43. The Hall–Kier alpha value is -2.55. The minimum absolute atomic E-state index is 0.130. The second-order valence-electron chi connectivity index (χ2n) is 7.74. The summed E-state index contributed by atoms with van der Waals surface area (Å²) >= 11 is 0. The highest BCUT2D eigenvalue weighted by Crippen LogP contribution is 2.31. The highest BCUT2D eigenvalue weighted by atomic mass is 19.1. The maximum atomic E-state index is 13.3. The molecular weight excluding hydrogens is 375 g/mol. The Morgan fingerprint density at radius 3 is 2.55 bits per heavy atom. The Bertz CT molecular complexity index is 1090. The molecule has 4 heterocycles. The Balaban J connectivity index is 1.41. The van der Waals surface area contributed by atoms with Crippen LogP contribution in [0.15, 0.2) is 35.1 Å². The van der Waals surface area contributed by atoms with Crippen molar-refractivity contribution in [2.75, 3.05) is 26.3 Å². The van der Waals surface area contributed by atoms with Gasteiger partial charge in [0.05, 0.1) is 24.6 Å². The number of nitrogens with zero attached hydrogens (tertiary/aromatic N) is 3. The van der Waals surface area contributed by atoms with Gasteiger partial charge in [0.15, 0.2) is 5.79 Å². The van der Waals surface area contributed by atoms with Gasteiger partial charge in [0.2, 0.25) is 0 Å². The van der Waals surface area contributed by atoms with Crippen LogP contribution in [0.25, 0.3) is 16.7 Å². The van der Waals surface area contributed by atoms with E-state index in [9.17, 15) is 9.18 Å². The summed E-state index contributed by atoms with van der Waals surface area (Å²) < 4.78 is 26.5. The Kier molecular flexibility index (Phi) is 4.49. The zero-order valence-electron chi connectivity index (χ0n) is 16.3. The molecule has 0 aliphatic carbocycles. The van der Waals surface area contributed by atoms with Gasteiger partial charge in [-0.3, -0.25) is 9.69 Å². The monoisotopic (exact) mass is 398 g/mol. The quantitative estimate of drug-likeness (QED) is 0.734. The lowest BCUT2D eigenvalue weighted by Gasteiger charge is -2.37. The molecule has 2 saturated heterocycles. The fraction of sp³-hybridized carbons (Fsp3) is 0.429. The normalized spacial score (nSPS) is 19.4. The van der Waals surface area contributed by atoms with Gasteiger partial charge in [0.1, 0.15) is 11.5 Å². The number of aryl methyl sites for hydroxylation is 1. The van der Waals surface area contributed by atoms with E-state index in [-0.39, 0.29) is 11.4 Å². The zero-order chi connectivity index (χ0) is 20.0. The number of likely N-dealkylation sites (tertiary alicyclic amines) is 1. The van der Waals surface area contributed by atoms with E-state index in [0.29, 0.717) is 36.7 Å². The molecule has 0 atom stereocenters. The molecule has 0 saturated carbocycles. The summed E-state index contributed by atoms with van der Waals surface area (Å²) in [7, 11) is 0. The average Bonchev–Trinajstić information content (AvgIpc) is 3.30. The average molecular weight is 398 g/mol. The van der Waals surface area contributed by atoms with Gasteiger partial charge < -0.3 is 14.5 Å². The van der Waals surface area contributed by atoms with E-state index in [1.807, 2.05) is 13.0 Å². The molecule has 2 fully saturated rings. The molecule has 29 heavy (non-hydrogen) atoms. The molecule has 1 spiro atoms. The van der Waals surface area contributed by atoms with Gasteiger partial charge in [-0.25, -0.2) is 9.07 Å². The minimum atomic E-state index is -0.417. The zero-order valence-corrected chi connectivity index (χ0v) is 16.3. The number of nitrogens with one attached hydrogen (secondary N) is 1. The van der Waals surface area contributed by atoms with Crippen molar-refractivity contribution in [1.82, 2.24) is 19.7 Å².